The fourth-order valence-corrected chi connectivity index (χ4v) is 3.69. The zero-order valence-corrected chi connectivity index (χ0v) is 17.7. The molecule has 0 aliphatic carbocycles. The number of amides is 2. The van der Waals surface area contributed by atoms with Crippen LogP contribution in [0.25, 0.3) is 0 Å². The molecule has 0 fully saturated rings. The maximum Gasteiger partial charge on any atom is 0.319 e. The lowest BCUT2D eigenvalue weighted by Gasteiger charge is -2.20. The average Bonchev–Trinajstić information content (AvgIpc) is 3.22. The predicted octanol–water partition coefficient (Wildman–Crippen LogP) is 4.71. The summed E-state index contributed by atoms with van der Waals surface area (Å²) >= 11 is 0. The van der Waals surface area contributed by atoms with E-state index >= 15 is 0 Å². The van der Waals surface area contributed by atoms with E-state index < -0.39 is 0 Å². The van der Waals surface area contributed by atoms with E-state index in [1.165, 1.54) is 0 Å². The Morgan fingerprint density at radius 1 is 0.968 bits per heavy atom. The fraction of sp³-hybridized carbons (Fsp3) is 0.240. The monoisotopic (exact) mass is 418 g/mol. The molecule has 2 N–H and O–H groups in total. The first-order valence-electron chi connectivity index (χ1n) is 10.3. The Balaban J connectivity index is 1.50. The van der Waals surface area contributed by atoms with Crippen LogP contribution in [0.5, 0.6) is 17.2 Å². The molecule has 0 radical (unpaired) electrons. The van der Waals surface area contributed by atoms with Gasteiger partial charge < -0.3 is 24.8 Å². The zero-order valence-electron chi connectivity index (χ0n) is 17.7. The summed E-state index contributed by atoms with van der Waals surface area (Å²) in [5.74, 6) is 2.11. The minimum Gasteiger partial charge on any atom is -0.495 e. The highest BCUT2D eigenvalue weighted by Gasteiger charge is 2.18. The Morgan fingerprint density at radius 2 is 1.74 bits per heavy atom. The molecule has 1 heterocycles. The van der Waals surface area contributed by atoms with Gasteiger partial charge in [-0.15, -0.1) is 0 Å². The number of benzene rings is 3. The number of methoxy groups -OCH3 is 1. The summed E-state index contributed by atoms with van der Waals surface area (Å²) in [5.41, 5.74) is 3.90. The Bertz CT molecular complexity index is 1050. The second-order valence-electron chi connectivity index (χ2n) is 7.58. The number of fused-ring (bicyclic) bond motifs is 1. The largest absolute Gasteiger partial charge is 0.495 e. The van der Waals surface area contributed by atoms with Crippen LogP contribution in [0.15, 0.2) is 66.7 Å². The van der Waals surface area contributed by atoms with Crippen molar-refractivity contribution in [1.82, 2.24) is 5.32 Å². The number of rotatable bonds is 7. The third-order valence-corrected chi connectivity index (χ3v) is 5.18. The van der Waals surface area contributed by atoms with E-state index in [0.29, 0.717) is 24.3 Å². The van der Waals surface area contributed by atoms with Gasteiger partial charge in [0.15, 0.2) is 11.5 Å². The summed E-state index contributed by atoms with van der Waals surface area (Å²) < 4.78 is 16.3. The zero-order chi connectivity index (χ0) is 21.6. The second kappa shape index (κ2) is 9.43. The Kier molecular flexibility index (Phi) is 6.26. The van der Waals surface area contributed by atoms with Crippen LogP contribution < -0.4 is 24.8 Å². The summed E-state index contributed by atoms with van der Waals surface area (Å²) in [6, 6.07) is 21.3. The number of ether oxygens (including phenoxy) is 3. The molecule has 31 heavy (non-hydrogen) atoms. The summed E-state index contributed by atoms with van der Waals surface area (Å²) in [4.78, 5) is 12.8. The van der Waals surface area contributed by atoms with E-state index in [9.17, 15) is 4.79 Å². The first kappa shape index (κ1) is 20.6. The van der Waals surface area contributed by atoms with Crippen molar-refractivity contribution in [3.63, 3.8) is 0 Å². The Morgan fingerprint density at radius 3 is 2.55 bits per heavy atom. The number of urea groups is 1. The summed E-state index contributed by atoms with van der Waals surface area (Å²) in [6.45, 7) is 2.21. The molecule has 6 nitrogen and oxygen atoms in total. The van der Waals surface area contributed by atoms with Gasteiger partial charge in [0.1, 0.15) is 5.75 Å². The molecule has 0 spiro atoms. The predicted molar refractivity (Wildman–Crippen MR) is 120 cm³/mol. The number of hydrogen-bond donors (Lipinski definition) is 2. The van der Waals surface area contributed by atoms with E-state index in [1.54, 1.807) is 7.11 Å². The van der Waals surface area contributed by atoms with Gasteiger partial charge in [-0.1, -0.05) is 42.5 Å². The maximum atomic E-state index is 12.8. The van der Waals surface area contributed by atoms with Crippen molar-refractivity contribution in [2.24, 2.45) is 0 Å². The van der Waals surface area contributed by atoms with E-state index in [2.05, 4.69) is 22.8 Å². The topological polar surface area (TPSA) is 68.8 Å². The third-order valence-electron chi connectivity index (χ3n) is 5.18. The van der Waals surface area contributed by atoms with E-state index in [-0.39, 0.29) is 18.9 Å². The quantitative estimate of drug-likeness (QED) is 0.583. The maximum absolute atomic E-state index is 12.8. The molecule has 0 aromatic heterocycles. The fourth-order valence-electron chi connectivity index (χ4n) is 3.69. The second-order valence-corrected chi connectivity index (χ2v) is 7.58. The van der Waals surface area contributed by atoms with Crippen molar-refractivity contribution >= 4 is 11.7 Å². The van der Waals surface area contributed by atoms with Crippen LogP contribution in [0.1, 0.15) is 16.7 Å². The van der Waals surface area contributed by atoms with Crippen molar-refractivity contribution in [2.45, 2.75) is 25.8 Å². The molecule has 0 saturated carbocycles. The molecule has 1 aliphatic rings. The van der Waals surface area contributed by atoms with E-state index in [0.717, 1.165) is 28.2 Å². The van der Waals surface area contributed by atoms with Gasteiger partial charge in [0.2, 0.25) is 6.79 Å². The molecular weight excluding hydrogens is 392 g/mol. The molecule has 0 bridgehead atoms. The van der Waals surface area contributed by atoms with E-state index in [4.69, 9.17) is 14.2 Å². The van der Waals surface area contributed by atoms with Crippen LogP contribution in [-0.2, 0) is 12.8 Å². The number of nitrogens with one attached hydrogen (secondary N) is 2. The van der Waals surface area contributed by atoms with Crippen molar-refractivity contribution in [3.05, 3.63) is 83.4 Å². The van der Waals surface area contributed by atoms with Crippen LogP contribution in [0.4, 0.5) is 10.5 Å². The molecule has 4 rings (SSSR count). The number of hydrogen-bond acceptors (Lipinski definition) is 4. The van der Waals surface area contributed by atoms with Gasteiger partial charge in [-0.3, -0.25) is 0 Å². The molecule has 3 aromatic rings. The van der Waals surface area contributed by atoms with Crippen LogP contribution in [0.2, 0.25) is 0 Å². The van der Waals surface area contributed by atoms with Gasteiger partial charge in [0.05, 0.1) is 12.8 Å². The summed E-state index contributed by atoms with van der Waals surface area (Å²) in [7, 11) is 1.59. The van der Waals surface area contributed by atoms with Crippen molar-refractivity contribution in [3.8, 4) is 17.2 Å². The van der Waals surface area contributed by atoms with Crippen LogP contribution >= 0.6 is 0 Å². The number of carbonyl (C=O) groups excluding carboxylic acids is 1. The van der Waals surface area contributed by atoms with E-state index in [1.807, 2.05) is 61.5 Å². The summed E-state index contributed by atoms with van der Waals surface area (Å²) in [5, 5.41) is 6.05. The minimum absolute atomic E-state index is 0.112. The highest BCUT2D eigenvalue weighted by Crippen LogP contribution is 2.33. The average molecular weight is 418 g/mol. The van der Waals surface area contributed by atoms with Crippen molar-refractivity contribution in [1.29, 1.82) is 0 Å². The molecule has 1 aliphatic heterocycles. The minimum atomic E-state index is -0.273. The van der Waals surface area contributed by atoms with Crippen molar-refractivity contribution in [2.75, 3.05) is 19.2 Å². The van der Waals surface area contributed by atoms with Crippen LogP contribution in [-0.4, -0.2) is 26.0 Å². The smallest absolute Gasteiger partial charge is 0.319 e. The van der Waals surface area contributed by atoms with Gasteiger partial charge in [0, 0.05) is 6.04 Å². The molecule has 0 saturated heterocycles. The first-order valence-corrected chi connectivity index (χ1v) is 10.3. The third kappa shape index (κ3) is 5.28. The first-order chi connectivity index (χ1) is 15.1. The normalized spacial score (nSPS) is 12.8. The molecule has 6 heteroatoms. The highest BCUT2D eigenvalue weighted by atomic mass is 16.7. The number of anilines is 1. The van der Waals surface area contributed by atoms with Gasteiger partial charge >= 0.3 is 6.03 Å². The summed E-state index contributed by atoms with van der Waals surface area (Å²) in [6.07, 6.45) is 1.36. The molecule has 1 atom stereocenters. The molecule has 160 valence electrons. The molecular formula is C25H26N2O4. The molecule has 0 unspecified atom stereocenters. The Labute approximate surface area is 182 Å². The molecule has 3 aromatic carbocycles. The number of carbonyl (C=O) groups is 1. The number of aryl methyl sites for hydroxylation is 1. The SMILES string of the molecule is COc1ccc(C)cc1NC(=O)N[C@@H](Cc1ccccc1)Cc1ccc2c(c1)OCO2. The Hall–Kier alpha value is -3.67. The van der Waals surface area contributed by atoms with Gasteiger partial charge in [-0.05, 0) is 60.7 Å². The lowest BCUT2D eigenvalue weighted by Crippen LogP contribution is -2.40. The lowest BCUT2D eigenvalue weighted by molar-refractivity contribution is 0.174. The van der Waals surface area contributed by atoms with Gasteiger partial charge in [-0.25, -0.2) is 4.79 Å². The van der Waals surface area contributed by atoms with Crippen LogP contribution in [0, 0.1) is 6.92 Å². The highest BCUT2D eigenvalue weighted by molar-refractivity contribution is 5.91. The standard InChI is InChI=1S/C25H26N2O4/c1-17-8-10-22(29-2)21(12-17)27-25(28)26-20(13-18-6-4-3-5-7-18)14-19-9-11-23-24(15-19)31-16-30-23/h3-12,15,20H,13-14,16H2,1-2H3,(H2,26,27,28)/t20-/m0/s1. The van der Waals surface area contributed by atoms with Crippen molar-refractivity contribution < 1.29 is 19.0 Å². The van der Waals surface area contributed by atoms with Gasteiger partial charge in [0.25, 0.3) is 0 Å². The van der Waals surface area contributed by atoms with Crippen LogP contribution in [0.3, 0.4) is 0 Å². The van der Waals surface area contributed by atoms with Gasteiger partial charge in [-0.2, -0.15) is 0 Å². The molecule has 2 amide bonds. The lowest BCUT2D eigenvalue weighted by atomic mass is 9.98.